The summed E-state index contributed by atoms with van der Waals surface area (Å²) < 4.78 is 6.07. The second-order valence-corrected chi connectivity index (χ2v) is 8.96. The van der Waals surface area contributed by atoms with Gasteiger partial charge in [0.15, 0.2) is 0 Å². The number of aliphatic carboxylic acids is 1. The van der Waals surface area contributed by atoms with Gasteiger partial charge in [-0.3, -0.25) is 9.69 Å². The van der Waals surface area contributed by atoms with Gasteiger partial charge in [0.25, 0.3) is 0 Å². The van der Waals surface area contributed by atoms with E-state index in [1.54, 1.807) is 0 Å². The van der Waals surface area contributed by atoms with Crippen LogP contribution in [0.5, 0.6) is 5.75 Å². The molecule has 0 spiro atoms. The molecule has 2 aliphatic rings. The molecular formula is C26H31NO3. The monoisotopic (exact) mass is 405 g/mol. The molecule has 30 heavy (non-hydrogen) atoms. The van der Waals surface area contributed by atoms with Gasteiger partial charge < -0.3 is 9.84 Å². The first-order chi connectivity index (χ1) is 14.4. The molecule has 2 aromatic rings. The molecule has 4 rings (SSSR count). The predicted molar refractivity (Wildman–Crippen MR) is 120 cm³/mol. The van der Waals surface area contributed by atoms with E-state index in [0.29, 0.717) is 25.6 Å². The maximum absolute atomic E-state index is 11.0. The summed E-state index contributed by atoms with van der Waals surface area (Å²) >= 11 is 0. The lowest BCUT2D eigenvalue weighted by Crippen LogP contribution is -2.50. The fourth-order valence-electron chi connectivity index (χ4n) is 4.38. The fraction of sp³-hybridized carbons (Fsp3) is 0.423. The van der Waals surface area contributed by atoms with Crippen LogP contribution in [0.4, 0.5) is 0 Å². The number of allylic oxidation sites excluding steroid dienone is 1. The van der Waals surface area contributed by atoms with Gasteiger partial charge in [0.1, 0.15) is 12.4 Å². The number of ether oxygens (including phenoxy) is 1. The van der Waals surface area contributed by atoms with Crippen molar-refractivity contribution >= 4 is 11.5 Å². The van der Waals surface area contributed by atoms with Gasteiger partial charge in [0.05, 0.1) is 5.92 Å². The van der Waals surface area contributed by atoms with E-state index in [1.165, 1.54) is 33.4 Å². The van der Waals surface area contributed by atoms with Crippen LogP contribution in [-0.4, -0.2) is 35.6 Å². The highest BCUT2D eigenvalue weighted by Gasteiger charge is 2.33. The highest BCUT2D eigenvalue weighted by atomic mass is 16.5. The van der Waals surface area contributed by atoms with Crippen molar-refractivity contribution < 1.29 is 14.6 Å². The molecule has 1 heterocycles. The van der Waals surface area contributed by atoms with E-state index in [2.05, 4.69) is 68.1 Å². The number of nitrogens with zero attached hydrogens (tertiary/aromatic N) is 1. The SMILES string of the molecule is CC1=C(CN2CC(C(=O)O)C2)CCc2cc(OCc3ccc(C(C)C)cc3)ccc21. The highest BCUT2D eigenvalue weighted by Crippen LogP contribution is 2.34. The van der Waals surface area contributed by atoms with Crippen LogP contribution in [0.3, 0.4) is 0 Å². The summed E-state index contributed by atoms with van der Waals surface area (Å²) in [6, 6.07) is 15.1. The lowest BCUT2D eigenvalue weighted by molar-refractivity contribution is -0.147. The quantitative estimate of drug-likeness (QED) is 0.694. The number of benzene rings is 2. The number of hydrogen-bond donors (Lipinski definition) is 1. The van der Waals surface area contributed by atoms with E-state index in [9.17, 15) is 4.79 Å². The summed E-state index contributed by atoms with van der Waals surface area (Å²) in [6.45, 7) is 9.41. The predicted octanol–water partition coefficient (Wildman–Crippen LogP) is 5.13. The molecule has 1 aliphatic heterocycles. The van der Waals surface area contributed by atoms with Gasteiger partial charge >= 0.3 is 5.97 Å². The number of likely N-dealkylation sites (tertiary alicyclic amines) is 1. The second kappa shape index (κ2) is 8.65. The highest BCUT2D eigenvalue weighted by molar-refractivity contribution is 5.73. The maximum atomic E-state index is 11.0. The lowest BCUT2D eigenvalue weighted by atomic mass is 9.85. The fourth-order valence-corrected chi connectivity index (χ4v) is 4.38. The Labute approximate surface area is 179 Å². The molecule has 0 atom stereocenters. The van der Waals surface area contributed by atoms with Crippen LogP contribution < -0.4 is 4.74 Å². The second-order valence-electron chi connectivity index (χ2n) is 8.96. The van der Waals surface area contributed by atoms with Crippen LogP contribution >= 0.6 is 0 Å². The molecule has 0 unspecified atom stereocenters. The number of carboxylic acids is 1. The van der Waals surface area contributed by atoms with Crippen molar-refractivity contribution in [2.75, 3.05) is 19.6 Å². The third-order valence-corrected chi connectivity index (χ3v) is 6.48. The number of carboxylic acid groups (broad SMARTS) is 1. The van der Waals surface area contributed by atoms with E-state index < -0.39 is 5.97 Å². The number of aryl methyl sites for hydroxylation is 1. The molecule has 0 amide bonds. The van der Waals surface area contributed by atoms with Crippen molar-refractivity contribution in [2.45, 2.75) is 46.1 Å². The van der Waals surface area contributed by atoms with Crippen LogP contribution in [0.25, 0.3) is 5.57 Å². The van der Waals surface area contributed by atoms with E-state index >= 15 is 0 Å². The van der Waals surface area contributed by atoms with Crippen molar-refractivity contribution in [3.63, 3.8) is 0 Å². The van der Waals surface area contributed by atoms with E-state index in [4.69, 9.17) is 9.84 Å². The zero-order valence-corrected chi connectivity index (χ0v) is 18.1. The summed E-state index contributed by atoms with van der Waals surface area (Å²) in [5.41, 5.74) is 7.96. The van der Waals surface area contributed by atoms with Crippen LogP contribution in [0.1, 0.15) is 55.4 Å². The molecule has 0 bridgehead atoms. The standard InChI is InChI=1S/C26H31NO3/c1-17(2)20-6-4-19(5-7-20)16-30-24-10-11-25-18(3)22(9-8-21(25)12-24)13-27-14-23(15-27)26(28)29/h4-7,10-12,17,23H,8-9,13-16H2,1-3H3,(H,28,29). The number of carbonyl (C=O) groups is 1. The molecule has 1 saturated heterocycles. The average molecular weight is 406 g/mol. The average Bonchev–Trinajstić information content (AvgIpc) is 2.70. The van der Waals surface area contributed by atoms with Gasteiger partial charge in [-0.2, -0.15) is 0 Å². The third kappa shape index (κ3) is 4.44. The van der Waals surface area contributed by atoms with Gasteiger partial charge in [0, 0.05) is 19.6 Å². The van der Waals surface area contributed by atoms with Gasteiger partial charge in [0.2, 0.25) is 0 Å². The van der Waals surface area contributed by atoms with Crippen molar-refractivity contribution in [2.24, 2.45) is 5.92 Å². The summed E-state index contributed by atoms with van der Waals surface area (Å²) in [4.78, 5) is 13.3. The molecule has 1 aliphatic carbocycles. The Morgan fingerprint density at radius 1 is 1.13 bits per heavy atom. The minimum absolute atomic E-state index is 0.192. The summed E-state index contributed by atoms with van der Waals surface area (Å²) in [6.07, 6.45) is 2.05. The van der Waals surface area contributed by atoms with Crippen molar-refractivity contribution in [3.05, 3.63) is 70.3 Å². The first-order valence-electron chi connectivity index (χ1n) is 10.9. The summed E-state index contributed by atoms with van der Waals surface area (Å²) in [5.74, 6) is 0.601. The van der Waals surface area contributed by atoms with E-state index in [1.807, 2.05) is 0 Å². The number of rotatable bonds is 7. The molecule has 158 valence electrons. The molecule has 1 fully saturated rings. The maximum Gasteiger partial charge on any atom is 0.309 e. The summed E-state index contributed by atoms with van der Waals surface area (Å²) in [7, 11) is 0. The van der Waals surface area contributed by atoms with Gasteiger partial charge in [-0.15, -0.1) is 0 Å². The minimum Gasteiger partial charge on any atom is -0.489 e. The van der Waals surface area contributed by atoms with Gasteiger partial charge in [-0.1, -0.05) is 49.8 Å². The third-order valence-electron chi connectivity index (χ3n) is 6.48. The Balaban J connectivity index is 1.38. The van der Waals surface area contributed by atoms with E-state index in [0.717, 1.165) is 25.1 Å². The Bertz CT molecular complexity index is 953. The Morgan fingerprint density at radius 3 is 2.53 bits per heavy atom. The van der Waals surface area contributed by atoms with Gasteiger partial charge in [-0.05, 0) is 65.6 Å². The Hall–Kier alpha value is -2.59. The molecule has 4 heteroatoms. The van der Waals surface area contributed by atoms with Crippen LogP contribution in [0.15, 0.2) is 48.0 Å². The molecule has 2 aromatic carbocycles. The minimum atomic E-state index is -0.672. The topological polar surface area (TPSA) is 49.8 Å². The molecule has 0 radical (unpaired) electrons. The van der Waals surface area contributed by atoms with Crippen LogP contribution in [-0.2, 0) is 17.8 Å². The van der Waals surface area contributed by atoms with Crippen molar-refractivity contribution in [1.82, 2.24) is 4.90 Å². The largest absolute Gasteiger partial charge is 0.489 e. The number of fused-ring (bicyclic) bond motifs is 1. The molecule has 4 nitrogen and oxygen atoms in total. The number of hydrogen-bond acceptors (Lipinski definition) is 3. The zero-order valence-electron chi connectivity index (χ0n) is 18.1. The van der Waals surface area contributed by atoms with Gasteiger partial charge in [-0.25, -0.2) is 0 Å². The van der Waals surface area contributed by atoms with Crippen molar-refractivity contribution in [3.8, 4) is 5.75 Å². The van der Waals surface area contributed by atoms with Crippen LogP contribution in [0.2, 0.25) is 0 Å². The lowest BCUT2D eigenvalue weighted by Gasteiger charge is -2.38. The molecule has 0 saturated carbocycles. The zero-order chi connectivity index (χ0) is 21.3. The Morgan fingerprint density at radius 2 is 1.87 bits per heavy atom. The summed E-state index contributed by atoms with van der Waals surface area (Å²) in [5, 5.41) is 9.06. The smallest absolute Gasteiger partial charge is 0.309 e. The van der Waals surface area contributed by atoms with E-state index in [-0.39, 0.29) is 5.92 Å². The Kier molecular flexibility index (Phi) is 5.96. The van der Waals surface area contributed by atoms with Crippen LogP contribution in [0, 0.1) is 5.92 Å². The first-order valence-corrected chi connectivity index (χ1v) is 10.9. The first kappa shape index (κ1) is 20.7. The normalized spacial score (nSPS) is 17.1. The molecular weight excluding hydrogens is 374 g/mol. The molecule has 1 N–H and O–H groups in total. The molecule has 0 aromatic heterocycles. The van der Waals surface area contributed by atoms with Crippen molar-refractivity contribution in [1.29, 1.82) is 0 Å².